The molecule has 6 nitrogen and oxygen atoms in total. The van der Waals surface area contributed by atoms with Crippen LogP contribution in [0, 0.1) is 0 Å². The molecule has 2 heterocycles. The van der Waals surface area contributed by atoms with E-state index in [2.05, 4.69) is 20.6 Å². The second-order valence-corrected chi connectivity index (χ2v) is 6.46. The second-order valence-electron chi connectivity index (χ2n) is 6.46. The number of aromatic nitrogens is 2. The van der Waals surface area contributed by atoms with Crippen LogP contribution in [0.5, 0.6) is 0 Å². The summed E-state index contributed by atoms with van der Waals surface area (Å²) in [4.78, 5) is 20.6. The Morgan fingerprint density at radius 3 is 2.57 bits per heavy atom. The summed E-state index contributed by atoms with van der Waals surface area (Å²) < 4.78 is 5.49. The van der Waals surface area contributed by atoms with Crippen molar-refractivity contribution in [2.24, 2.45) is 0 Å². The number of carbonyl (C=O) groups excluding carboxylic acids is 1. The van der Waals surface area contributed by atoms with Gasteiger partial charge in [0, 0.05) is 19.2 Å². The highest BCUT2D eigenvalue weighted by atomic mass is 16.5. The monoisotopic (exact) mass is 318 g/mol. The first-order chi connectivity index (χ1) is 11.3. The van der Waals surface area contributed by atoms with Crippen molar-refractivity contribution >= 4 is 11.7 Å². The van der Waals surface area contributed by atoms with E-state index >= 15 is 0 Å². The first kappa shape index (κ1) is 16.2. The molecule has 6 heteroatoms. The Morgan fingerprint density at radius 2 is 1.91 bits per heavy atom. The minimum absolute atomic E-state index is 0.142. The maximum absolute atomic E-state index is 12.1. The van der Waals surface area contributed by atoms with Crippen LogP contribution < -0.4 is 10.6 Å². The SMILES string of the molecule is O=C(NCC1CCCO1)c1cnc(NC2CCCCCC2)cn1. The molecule has 0 aromatic carbocycles. The van der Waals surface area contributed by atoms with E-state index in [0.717, 1.165) is 25.3 Å². The third kappa shape index (κ3) is 4.89. The third-order valence-electron chi connectivity index (χ3n) is 4.61. The summed E-state index contributed by atoms with van der Waals surface area (Å²) in [6.45, 7) is 1.34. The Bertz CT molecular complexity index is 492. The lowest BCUT2D eigenvalue weighted by Crippen LogP contribution is -2.32. The van der Waals surface area contributed by atoms with Gasteiger partial charge in [-0.15, -0.1) is 0 Å². The van der Waals surface area contributed by atoms with Gasteiger partial charge in [0.05, 0.1) is 18.5 Å². The van der Waals surface area contributed by atoms with Crippen LogP contribution in [-0.4, -0.2) is 41.2 Å². The van der Waals surface area contributed by atoms with Crippen molar-refractivity contribution in [2.45, 2.75) is 63.5 Å². The number of ether oxygens (including phenoxy) is 1. The Labute approximate surface area is 137 Å². The molecule has 126 valence electrons. The van der Waals surface area contributed by atoms with Crippen LogP contribution in [0.25, 0.3) is 0 Å². The molecule has 3 rings (SSSR count). The molecule has 1 aliphatic heterocycles. The Morgan fingerprint density at radius 1 is 1.09 bits per heavy atom. The molecule has 1 saturated heterocycles. The van der Waals surface area contributed by atoms with Gasteiger partial charge in [0.15, 0.2) is 0 Å². The zero-order chi connectivity index (χ0) is 15.9. The van der Waals surface area contributed by atoms with E-state index in [4.69, 9.17) is 4.74 Å². The fraction of sp³-hybridized carbons (Fsp3) is 0.706. The topological polar surface area (TPSA) is 76.1 Å². The number of nitrogens with zero attached hydrogens (tertiary/aromatic N) is 2. The average Bonchev–Trinajstić information content (AvgIpc) is 2.97. The van der Waals surface area contributed by atoms with E-state index in [0.29, 0.717) is 18.3 Å². The summed E-state index contributed by atoms with van der Waals surface area (Å²) in [7, 11) is 0. The van der Waals surface area contributed by atoms with E-state index in [1.165, 1.54) is 38.5 Å². The van der Waals surface area contributed by atoms with Crippen LogP contribution in [-0.2, 0) is 4.74 Å². The molecule has 23 heavy (non-hydrogen) atoms. The number of nitrogens with one attached hydrogen (secondary N) is 2. The van der Waals surface area contributed by atoms with Gasteiger partial charge in [-0.25, -0.2) is 9.97 Å². The lowest BCUT2D eigenvalue weighted by molar-refractivity contribution is 0.0853. The average molecular weight is 318 g/mol. The van der Waals surface area contributed by atoms with Crippen LogP contribution >= 0.6 is 0 Å². The van der Waals surface area contributed by atoms with Crippen molar-refractivity contribution in [1.29, 1.82) is 0 Å². The van der Waals surface area contributed by atoms with Crippen molar-refractivity contribution < 1.29 is 9.53 Å². The molecule has 1 saturated carbocycles. The minimum Gasteiger partial charge on any atom is -0.376 e. The van der Waals surface area contributed by atoms with Crippen LogP contribution in [0.3, 0.4) is 0 Å². The van der Waals surface area contributed by atoms with Gasteiger partial charge in [-0.2, -0.15) is 0 Å². The van der Waals surface area contributed by atoms with Crippen LogP contribution in [0.4, 0.5) is 5.82 Å². The summed E-state index contributed by atoms with van der Waals surface area (Å²) in [5.74, 6) is 0.571. The highest BCUT2D eigenvalue weighted by Crippen LogP contribution is 2.20. The molecule has 1 aromatic heterocycles. The number of anilines is 1. The van der Waals surface area contributed by atoms with Crippen molar-refractivity contribution in [1.82, 2.24) is 15.3 Å². The number of carbonyl (C=O) groups is 1. The molecule has 1 aromatic rings. The van der Waals surface area contributed by atoms with E-state index < -0.39 is 0 Å². The molecular formula is C17H26N4O2. The lowest BCUT2D eigenvalue weighted by atomic mass is 10.1. The second kappa shape index (κ2) is 8.24. The standard InChI is InChI=1S/C17H26N4O2/c22-17(20-10-14-8-5-9-23-14)15-11-19-16(12-18-15)21-13-6-3-1-2-4-7-13/h11-14H,1-10H2,(H,19,21)(H,20,22). The number of hydrogen-bond donors (Lipinski definition) is 2. The summed E-state index contributed by atoms with van der Waals surface area (Å²) >= 11 is 0. The van der Waals surface area contributed by atoms with E-state index in [1.807, 2.05) is 0 Å². The van der Waals surface area contributed by atoms with Gasteiger partial charge in [-0.1, -0.05) is 25.7 Å². The Kier molecular flexibility index (Phi) is 5.80. The molecule has 2 aliphatic rings. The zero-order valence-electron chi connectivity index (χ0n) is 13.6. The van der Waals surface area contributed by atoms with Crippen molar-refractivity contribution in [3.63, 3.8) is 0 Å². The molecule has 0 bridgehead atoms. The van der Waals surface area contributed by atoms with E-state index in [9.17, 15) is 4.79 Å². The maximum atomic E-state index is 12.1. The van der Waals surface area contributed by atoms with Gasteiger partial charge in [0.1, 0.15) is 11.5 Å². The Balaban J connectivity index is 1.48. The van der Waals surface area contributed by atoms with E-state index in [-0.39, 0.29) is 12.0 Å². The zero-order valence-corrected chi connectivity index (χ0v) is 13.6. The minimum atomic E-state index is -0.186. The number of amides is 1. The maximum Gasteiger partial charge on any atom is 0.271 e. The van der Waals surface area contributed by atoms with Crippen LogP contribution in [0.15, 0.2) is 12.4 Å². The van der Waals surface area contributed by atoms with Gasteiger partial charge >= 0.3 is 0 Å². The molecule has 1 atom stereocenters. The molecule has 0 spiro atoms. The summed E-state index contributed by atoms with van der Waals surface area (Å²) in [6.07, 6.45) is 13.0. The van der Waals surface area contributed by atoms with Crippen molar-refractivity contribution in [3.05, 3.63) is 18.1 Å². The highest BCUT2D eigenvalue weighted by Gasteiger charge is 2.17. The fourth-order valence-corrected chi connectivity index (χ4v) is 3.26. The predicted molar refractivity (Wildman–Crippen MR) is 88.5 cm³/mol. The van der Waals surface area contributed by atoms with Crippen LogP contribution in [0.1, 0.15) is 61.9 Å². The largest absolute Gasteiger partial charge is 0.376 e. The number of hydrogen-bond acceptors (Lipinski definition) is 5. The molecule has 1 unspecified atom stereocenters. The number of rotatable bonds is 5. The third-order valence-corrected chi connectivity index (χ3v) is 4.61. The molecule has 1 aliphatic carbocycles. The van der Waals surface area contributed by atoms with Crippen molar-refractivity contribution in [3.8, 4) is 0 Å². The smallest absolute Gasteiger partial charge is 0.271 e. The van der Waals surface area contributed by atoms with Crippen LogP contribution in [0.2, 0.25) is 0 Å². The highest BCUT2D eigenvalue weighted by molar-refractivity contribution is 5.92. The quantitative estimate of drug-likeness (QED) is 0.816. The molecule has 2 N–H and O–H groups in total. The summed E-state index contributed by atoms with van der Waals surface area (Å²) in [6, 6.07) is 0.478. The predicted octanol–water partition coefficient (Wildman–Crippen LogP) is 2.52. The lowest BCUT2D eigenvalue weighted by Gasteiger charge is -2.16. The summed E-state index contributed by atoms with van der Waals surface area (Å²) in [5.41, 5.74) is 0.356. The fourth-order valence-electron chi connectivity index (χ4n) is 3.26. The molecule has 0 radical (unpaired) electrons. The van der Waals surface area contributed by atoms with E-state index in [1.54, 1.807) is 12.4 Å². The first-order valence-electron chi connectivity index (χ1n) is 8.79. The van der Waals surface area contributed by atoms with Gasteiger partial charge in [0.25, 0.3) is 5.91 Å². The summed E-state index contributed by atoms with van der Waals surface area (Å²) in [5, 5.41) is 6.30. The first-order valence-corrected chi connectivity index (χ1v) is 8.79. The van der Waals surface area contributed by atoms with Gasteiger partial charge in [0.2, 0.25) is 0 Å². The Hall–Kier alpha value is -1.69. The molecular weight excluding hydrogens is 292 g/mol. The van der Waals surface area contributed by atoms with Crippen molar-refractivity contribution in [2.75, 3.05) is 18.5 Å². The normalized spacial score (nSPS) is 22.5. The van der Waals surface area contributed by atoms with Gasteiger partial charge < -0.3 is 15.4 Å². The van der Waals surface area contributed by atoms with Gasteiger partial charge in [-0.3, -0.25) is 4.79 Å². The molecule has 2 fully saturated rings. The van der Waals surface area contributed by atoms with Gasteiger partial charge in [-0.05, 0) is 25.7 Å². The molecule has 1 amide bonds.